The summed E-state index contributed by atoms with van der Waals surface area (Å²) in [7, 11) is 1.51. The van der Waals surface area contributed by atoms with E-state index >= 15 is 0 Å². The molecule has 0 spiro atoms. The maximum absolute atomic E-state index is 12.6. The fourth-order valence-electron chi connectivity index (χ4n) is 4.49. The number of carbonyl (C=O) groups excluding carboxylic acids is 1. The van der Waals surface area contributed by atoms with Crippen molar-refractivity contribution in [2.24, 2.45) is 16.9 Å². The van der Waals surface area contributed by atoms with Crippen molar-refractivity contribution in [2.75, 3.05) is 13.7 Å². The molecule has 0 bridgehead atoms. The molecule has 0 aromatic heterocycles. The van der Waals surface area contributed by atoms with Crippen molar-refractivity contribution in [3.63, 3.8) is 0 Å². The van der Waals surface area contributed by atoms with Gasteiger partial charge < -0.3 is 19.7 Å². The summed E-state index contributed by atoms with van der Waals surface area (Å²) in [5, 5.41) is 29.8. The number of hydrogen-bond acceptors (Lipinski definition) is 8. The van der Waals surface area contributed by atoms with E-state index in [2.05, 4.69) is 17.3 Å². The van der Waals surface area contributed by atoms with E-state index in [1.54, 1.807) is 31.3 Å². The number of rotatable bonds is 5. The molecule has 2 aliphatic rings. The summed E-state index contributed by atoms with van der Waals surface area (Å²) in [5.74, 6) is -0.190. The molecule has 2 aliphatic heterocycles. The number of carbonyl (C=O) groups is 1. The van der Waals surface area contributed by atoms with Gasteiger partial charge in [0.1, 0.15) is 17.8 Å². The van der Waals surface area contributed by atoms with Crippen molar-refractivity contribution < 1.29 is 24.5 Å². The molecule has 2 heterocycles. The van der Waals surface area contributed by atoms with E-state index in [-0.39, 0.29) is 41.6 Å². The normalized spacial score (nSPS) is 27.1. The predicted octanol–water partition coefficient (Wildman–Crippen LogP) is 2.93. The molecule has 164 valence electrons. The number of esters is 1. The van der Waals surface area contributed by atoms with Gasteiger partial charge in [-0.05, 0) is 42.3 Å². The monoisotopic (exact) mass is 425 g/mol. The van der Waals surface area contributed by atoms with Crippen LogP contribution in [0.5, 0.6) is 17.2 Å². The number of hydrogen-bond donors (Lipinski definition) is 3. The highest BCUT2D eigenvalue weighted by atomic mass is 16.5. The molecule has 31 heavy (non-hydrogen) atoms. The van der Waals surface area contributed by atoms with Crippen LogP contribution < -0.4 is 10.1 Å². The number of nitrogens with one attached hydrogen (secondary N) is 1. The summed E-state index contributed by atoms with van der Waals surface area (Å²) in [6.45, 7) is 4.19. The van der Waals surface area contributed by atoms with Gasteiger partial charge in [0.2, 0.25) is 0 Å². The Morgan fingerprint density at radius 2 is 1.87 bits per heavy atom. The van der Waals surface area contributed by atoms with Gasteiger partial charge in [-0.1, -0.05) is 25.1 Å². The van der Waals surface area contributed by atoms with Crippen molar-refractivity contribution in [1.82, 2.24) is 10.3 Å². The standard InChI is InChI=1S/C23H27N3O5/c1-4-31-23(29)17-12-24-26-21(14-5-8-16(27)9-6-14)13(2)20(25-22(17)26)15-7-10-18(28)19(11-15)30-3/h5-13,17,20-22,25,27-28H,4H2,1-3H3. The third-order valence-corrected chi connectivity index (χ3v) is 6.00. The van der Waals surface area contributed by atoms with Crippen LogP contribution in [-0.4, -0.2) is 47.3 Å². The second-order valence-electron chi connectivity index (χ2n) is 7.84. The zero-order valence-corrected chi connectivity index (χ0v) is 17.7. The van der Waals surface area contributed by atoms with Crippen molar-refractivity contribution in [3.8, 4) is 17.2 Å². The molecule has 5 unspecified atom stereocenters. The second-order valence-corrected chi connectivity index (χ2v) is 7.84. The van der Waals surface area contributed by atoms with Crippen molar-refractivity contribution in [1.29, 1.82) is 0 Å². The molecular formula is C23H27N3O5. The van der Waals surface area contributed by atoms with Gasteiger partial charge in [-0.2, -0.15) is 5.10 Å². The van der Waals surface area contributed by atoms with Crippen LogP contribution in [0.4, 0.5) is 0 Å². The fraction of sp³-hybridized carbons (Fsp3) is 0.391. The van der Waals surface area contributed by atoms with Crippen LogP contribution in [0.25, 0.3) is 0 Å². The SMILES string of the molecule is CCOC(=O)C1C=NN2C1NC(c1ccc(O)c(OC)c1)C(C)C2c1ccc(O)cc1. The quantitative estimate of drug-likeness (QED) is 0.633. The van der Waals surface area contributed by atoms with E-state index < -0.39 is 5.92 Å². The molecule has 2 aromatic carbocycles. The van der Waals surface area contributed by atoms with Gasteiger partial charge >= 0.3 is 5.97 Å². The Hall–Kier alpha value is -3.26. The first-order valence-corrected chi connectivity index (χ1v) is 10.4. The molecule has 1 fully saturated rings. The third kappa shape index (κ3) is 3.79. The summed E-state index contributed by atoms with van der Waals surface area (Å²) < 4.78 is 10.6. The van der Waals surface area contributed by atoms with Crippen LogP contribution in [0.15, 0.2) is 47.6 Å². The lowest BCUT2D eigenvalue weighted by Gasteiger charge is -2.47. The summed E-state index contributed by atoms with van der Waals surface area (Å²) in [4.78, 5) is 12.6. The molecule has 5 atom stereocenters. The van der Waals surface area contributed by atoms with Crippen LogP contribution in [-0.2, 0) is 9.53 Å². The van der Waals surface area contributed by atoms with Gasteiger partial charge in [0.15, 0.2) is 11.5 Å². The van der Waals surface area contributed by atoms with Gasteiger partial charge in [0.05, 0.1) is 19.8 Å². The lowest BCUT2D eigenvalue weighted by atomic mass is 9.81. The molecular weight excluding hydrogens is 398 g/mol. The number of hydrazone groups is 1. The highest BCUT2D eigenvalue weighted by Gasteiger charge is 2.49. The number of phenols is 2. The highest BCUT2D eigenvalue weighted by molar-refractivity contribution is 5.91. The number of ether oxygens (including phenoxy) is 2. The smallest absolute Gasteiger partial charge is 0.318 e. The number of benzene rings is 2. The van der Waals surface area contributed by atoms with Gasteiger partial charge in [-0.25, -0.2) is 0 Å². The van der Waals surface area contributed by atoms with Crippen molar-refractivity contribution in [2.45, 2.75) is 32.1 Å². The minimum Gasteiger partial charge on any atom is -0.508 e. The van der Waals surface area contributed by atoms with Crippen LogP contribution in [0.2, 0.25) is 0 Å². The largest absolute Gasteiger partial charge is 0.508 e. The average molecular weight is 425 g/mol. The van der Waals surface area contributed by atoms with E-state index in [0.29, 0.717) is 12.4 Å². The van der Waals surface area contributed by atoms with E-state index in [0.717, 1.165) is 11.1 Å². The minimum absolute atomic E-state index is 0.0353. The Morgan fingerprint density at radius 1 is 1.16 bits per heavy atom. The van der Waals surface area contributed by atoms with Crippen LogP contribution in [0.3, 0.4) is 0 Å². The molecule has 3 N–H and O–H groups in total. The zero-order valence-electron chi connectivity index (χ0n) is 17.7. The number of phenolic OH excluding ortho intramolecular Hbond substituents is 2. The van der Waals surface area contributed by atoms with E-state index in [1.165, 1.54) is 7.11 Å². The maximum atomic E-state index is 12.6. The molecule has 8 heteroatoms. The first-order chi connectivity index (χ1) is 14.9. The zero-order chi connectivity index (χ0) is 22.1. The first kappa shape index (κ1) is 21.0. The number of fused-ring (bicyclic) bond motifs is 1. The highest BCUT2D eigenvalue weighted by Crippen LogP contribution is 2.46. The van der Waals surface area contributed by atoms with Crippen LogP contribution >= 0.6 is 0 Å². The molecule has 1 saturated heterocycles. The lowest BCUT2D eigenvalue weighted by Crippen LogP contribution is -2.57. The molecule has 0 saturated carbocycles. The molecule has 4 rings (SSSR count). The minimum atomic E-state index is -0.548. The Morgan fingerprint density at radius 3 is 2.55 bits per heavy atom. The summed E-state index contributed by atoms with van der Waals surface area (Å²) >= 11 is 0. The third-order valence-electron chi connectivity index (χ3n) is 6.00. The van der Waals surface area contributed by atoms with E-state index in [4.69, 9.17) is 9.47 Å². The van der Waals surface area contributed by atoms with Crippen molar-refractivity contribution >= 4 is 12.2 Å². The lowest BCUT2D eigenvalue weighted by molar-refractivity contribution is -0.148. The topological polar surface area (TPSA) is 104 Å². The molecule has 0 radical (unpaired) electrons. The van der Waals surface area contributed by atoms with E-state index in [9.17, 15) is 15.0 Å². The molecule has 0 amide bonds. The molecule has 2 aromatic rings. The summed E-state index contributed by atoms with van der Waals surface area (Å²) in [6.07, 6.45) is 1.24. The molecule has 8 nitrogen and oxygen atoms in total. The second kappa shape index (κ2) is 8.47. The number of methoxy groups -OCH3 is 1. The Balaban J connectivity index is 1.75. The number of nitrogens with zero attached hydrogens (tertiary/aromatic N) is 2. The Labute approximate surface area is 181 Å². The van der Waals surface area contributed by atoms with Gasteiger partial charge in [0.25, 0.3) is 0 Å². The van der Waals surface area contributed by atoms with Crippen LogP contribution in [0.1, 0.15) is 37.1 Å². The number of aromatic hydroxyl groups is 2. The van der Waals surface area contributed by atoms with E-state index in [1.807, 2.05) is 29.3 Å². The summed E-state index contributed by atoms with van der Waals surface area (Å²) in [6, 6.07) is 12.0. The summed E-state index contributed by atoms with van der Waals surface area (Å²) in [5.41, 5.74) is 1.91. The molecule has 0 aliphatic carbocycles. The average Bonchev–Trinajstić information content (AvgIpc) is 3.18. The van der Waals surface area contributed by atoms with Crippen molar-refractivity contribution in [3.05, 3.63) is 53.6 Å². The Kier molecular flexibility index (Phi) is 5.73. The Bertz CT molecular complexity index is 978. The first-order valence-electron chi connectivity index (χ1n) is 10.4. The van der Waals surface area contributed by atoms with Gasteiger partial charge in [0, 0.05) is 18.2 Å². The fourth-order valence-corrected chi connectivity index (χ4v) is 4.49. The van der Waals surface area contributed by atoms with Gasteiger partial charge in [-0.15, -0.1) is 0 Å². The maximum Gasteiger partial charge on any atom is 0.318 e. The predicted molar refractivity (Wildman–Crippen MR) is 115 cm³/mol. The van der Waals surface area contributed by atoms with Gasteiger partial charge in [-0.3, -0.25) is 15.1 Å². The van der Waals surface area contributed by atoms with Crippen LogP contribution in [0, 0.1) is 11.8 Å².